The molecular formula is C14H16BrN3OS. The van der Waals surface area contributed by atoms with Gasteiger partial charge in [0.15, 0.2) is 5.84 Å². The lowest BCUT2D eigenvalue weighted by molar-refractivity contribution is 0.318. The minimum atomic E-state index is 0.0948. The molecule has 1 heterocycles. The van der Waals surface area contributed by atoms with Gasteiger partial charge in [0, 0.05) is 27.6 Å². The number of rotatable bonds is 4. The van der Waals surface area contributed by atoms with Crippen LogP contribution in [0.3, 0.4) is 0 Å². The molecule has 0 aliphatic rings. The molecule has 0 amide bonds. The number of oxime groups is 1. The van der Waals surface area contributed by atoms with E-state index >= 15 is 0 Å². The van der Waals surface area contributed by atoms with E-state index in [2.05, 4.69) is 57.5 Å². The van der Waals surface area contributed by atoms with Crippen LogP contribution in [0.15, 0.2) is 45.3 Å². The van der Waals surface area contributed by atoms with Crippen LogP contribution < -0.4 is 10.6 Å². The normalized spacial score (nSPS) is 13.2. The molecule has 2 rings (SSSR count). The van der Waals surface area contributed by atoms with Gasteiger partial charge < -0.3 is 15.8 Å². The van der Waals surface area contributed by atoms with Crippen molar-refractivity contribution in [1.29, 1.82) is 0 Å². The molecule has 0 fully saturated rings. The number of thiophene rings is 1. The molecule has 20 heavy (non-hydrogen) atoms. The van der Waals surface area contributed by atoms with Crippen LogP contribution in [0, 0.1) is 0 Å². The first-order valence-electron chi connectivity index (χ1n) is 6.08. The molecule has 2 aromatic rings. The maximum atomic E-state index is 8.74. The van der Waals surface area contributed by atoms with Gasteiger partial charge in [0.25, 0.3) is 0 Å². The van der Waals surface area contributed by atoms with Crippen LogP contribution in [0.25, 0.3) is 0 Å². The number of nitrogens with zero attached hydrogens (tertiary/aromatic N) is 2. The number of anilines is 1. The third-order valence-corrected chi connectivity index (χ3v) is 4.98. The number of benzene rings is 1. The minimum absolute atomic E-state index is 0.0948. The van der Waals surface area contributed by atoms with Crippen molar-refractivity contribution in [2.45, 2.75) is 13.0 Å². The summed E-state index contributed by atoms with van der Waals surface area (Å²) in [6, 6.07) is 10.2. The molecular weight excluding hydrogens is 338 g/mol. The molecule has 0 spiro atoms. The lowest BCUT2D eigenvalue weighted by Gasteiger charge is -2.26. The number of nitrogens with two attached hydrogens (primary N) is 1. The summed E-state index contributed by atoms with van der Waals surface area (Å²) >= 11 is 5.20. The Morgan fingerprint density at radius 1 is 1.45 bits per heavy atom. The maximum Gasteiger partial charge on any atom is 0.171 e. The highest BCUT2D eigenvalue weighted by molar-refractivity contribution is 9.10. The van der Waals surface area contributed by atoms with Crippen LogP contribution >= 0.6 is 27.3 Å². The number of hydrogen-bond acceptors (Lipinski definition) is 4. The van der Waals surface area contributed by atoms with Gasteiger partial charge in [0.1, 0.15) is 0 Å². The Labute approximate surface area is 130 Å². The smallest absolute Gasteiger partial charge is 0.171 e. The topological polar surface area (TPSA) is 61.8 Å². The summed E-state index contributed by atoms with van der Waals surface area (Å²) in [5.74, 6) is 0.0948. The Kier molecular flexibility index (Phi) is 4.67. The Hall–Kier alpha value is -1.53. The summed E-state index contributed by atoms with van der Waals surface area (Å²) in [6.07, 6.45) is 0. The molecule has 0 saturated carbocycles. The summed E-state index contributed by atoms with van der Waals surface area (Å²) in [6.45, 7) is 2.16. The minimum Gasteiger partial charge on any atom is -0.409 e. The van der Waals surface area contributed by atoms with E-state index in [0.29, 0.717) is 5.56 Å². The van der Waals surface area contributed by atoms with E-state index in [-0.39, 0.29) is 11.9 Å². The Morgan fingerprint density at radius 2 is 2.20 bits per heavy atom. The summed E-state index contributed by atoms with van der Waals surface area (Å²) in [5, 5.41) is 13.8. The monoisotopic (exact) mass is 353 g/mol. The zero-order valence-electron chi connectivity index (χ0n) is 11.2. The summed E-state index contributed by atoms with van der Waals surface area (Å²) in [5.41, 5.74) is 7.35. The highest BCUT2D eigenvalue weighted by Gasteiger charge is 2.15. The van der Waals surface area contributed by atoms with Gasteiger partial charge in [0.2, 0.25) is 0 Å². The van der Waals surface area contributed by atoms with Gasteiger partial charge in [-0.2, -0.15) is 0 Å². The maximum absolute atomic E-state index is 8.74. The van der Waals surface area contributed by atoms with Crippen LogP contribution in [-0.2, 0) is 0 Å². The van der Waals surface area contributed by atoms with Crippen molar-refractivity contribution in [2.75, 3.05) is 11.9 Å². The molecule has 0 aliphatic carbocycles. The Morgan fingerprint density at radius 3 is 2.75 bits per heavy atom. The molecule has 106 valence electrons. The van der Waals surface area contributed by atoms with E-state index in [9.17, 15) is 0 Å². The van der Waals surface area contributed by atoms with Crippen LogP contribution in [0.2, 0.25) is 0 Å². The van der Waals surface area contributed by atoms with E-state index in [1.807, 2.05) is 18.2 Å². The largest absolute Gasteiger partial charge is 0.409 e. The SMILES string of the molecule is CC(c1cccs1)N(C)c1ccc(/C(N)=N/O)c(Br)c1. The molecule has 4 nitrogen and oxygen atoms in total. The van der Waals surface area contributed by atoms with E-state index in [1.54, 1.807) is 11.3 Å². The number of hydrogen-bond donors (Lipinski definition) is 2. The number of halogens is 1. The molecule has 1 aromatic carbocycles. The average molecular weight is 354 g/mol. The first-order chi connectivity index (χ1) is 9.54. The summed E-state index contributed by atoms with van der Waals surface area (Å²) in [7, 11) is 2.05. The first-order valence-corrected chi connectivity index (χ1v) is 7.75. The zero-order valence-corrected chi connectivity index (χ0v) is 13.6. The van der Waals surface area contributed by atoms with E-state index < -0.39 is 0 Å². The van der Waals surface area contributed by atoms with Crippen molar-refractivity contribution in [3.8, 4) is 0 Å². The predicted octanol–water partition coefficient (Wildman–Crippen LogP) is 3.80. The second kappa shape index (κ2) is 6.28. The molecule has 6 heteroatoms. The fourth-order valence-corrected chi connectivity index (χ4v) is 3.32. The van der Waals surface area contributed by atoms with Gasteiger partial charge in [0.05, 0.1) is 6.04 Å². The fourth-order valence-electron chi connectivity index (χ4n) is 1.93. The van der Waals surface area contributed by atoms with E-state index in [1.165, 1.54) is 4.88 Å². The Balaban J connectivity index is 2.27. The highest BCUT2D eigenvalue weighted by Crippen LogP contribution is 2.30. The van der Waals surface area contributed by atoms with Crippen molar-refractivity contribution in [3.63, 3.8) is 0 Å². The van der Waals surface area contributed by atoms with Crippen LogP contribution in [0.1, 0.15) is 23.4 Å². The molecule has 1 unspecified atom stereocenters. The predicted molar refractivity (Wildman–Crippen MR) is 87.8 cm³/mol. The zero-order chi connectivity index (χ0) is 14.7. The highest BCUT2D eigenvalue weighted by atomic mass is 79.9. The standard InChI is InChI=1S/C14H16BrN3OS/c1-9(13-4-3-7-20-13)18(2)10-5-6-11(12(15)8-10)14(16)17-19/h3-9,19H,1-2H3,(H2,16,17). The Bertz CT molecular complexity index is 613. The third-order valence-electron chi connectivity index (χ3n) is 3.28. The third kappa shape index (κ3) is 2.96. The molecule has 1 atom stereocenters. The van der Waals surface area contributed by atoms with Crippen LogP contribution in [0.5, 0.6) is 0 Å². The van der Waals surface area contributed by atoms with Crippen molar-refractivity contribution in [2.24, 2.45) is 10.9 Å². The lowest BCUT2D eigenvalue weighted by Crippen LogP contribution is -2.21. The van der Waals surface area contributed by atoms with Crippen molar-refractivity contribution in [1.82, 2.24) is 0 Å². The number of amidine groups is 1. The second-order valence-corrected chi connectivity index (χ2v) is 6.29. The van der Waals surface area contributed by atoms with Gasteiger partial charge >= 0.3 is 0 Å². The summed E-state index contributed by atoms with van der Waals surface area (Å²) in [4.78, 5) is 3.50. The summed E-state index contributed by atoms with van der Waals surface area (Å²) < 4.78 is 0.801. The molecule has 0 radical (unpaired) electrons. The van der Waals surface area contributed by atoms with E-state index in [4.69, 9.17) is 10.9 Å². The molecule has 1 aromatic heterocycles. The van der Waals surface area contributed by atoms with Gasteiger partial charge in [-0.1, -0.05) is 11.2 Å². The van der Waals surface area contributed by atoms with Crippen molar-refractivity contribution < 1.29 is 5.21 Å². The van der Waals surface area contributed by atoms with E-state index in [0.717, 1.165) is 10.2 Å². The molecule has 0 saturated heterocycles. The van der Waals surface area contributed by atoms with Crippen LogP contribution in [0.4, 0.5) is 5.69 Å². The molecule has 0 bridgehead atoms. The van der Waals surface area contributed by atoms with Crippen molar-refractivity contribution >= 4 is 38.8 Å². The second-order valence-electron chi connectivity index (χ2n) is 4.45. The van der Waals surface area contributed by atoms with Gasteiger partial charge in [-0.3, -0.25) is 0 Å². The average Bonchev–Trinajstić information content (AvgIpc) is 2.99. The first kappa shape index (κ1) is 14.9. The van der Waals surface area contributed by atoms with Gasteiger partial charge in [-0.25, -0.2) is 0 Å². The van der Waals surface area contributed by atoms with Crippen LogP contribution in [-0.4, -0.2) is 18.1 Å². The van der Waals surface area contributed by atoms with Gasteiger partial charge in [-0.05, 0) is 52.5 Å². The lowest BCUT2D eigenvalue weighted by atomic mass is 10.1. The fraction of sp³-hybridized carbons (Fsp3) is 0.214. The van der Waals surface area contributed by atoms with Crippen molar-refractivity contribution in [3.05, 3.63) is 50.6 Å². The quantitative estimate of drug-likeness (QED) is 0.380. The van der Waals surface area contributed by atoms with Gasteiger partial charge in [-0.15, -0.1) is 11.3 Å². The molecule has 0 aliphatic heterocycles. The molecule has 3 N–H and O–H groups in total.